The average Bonchev–Trinajstić information content (AvgIpc) is 2.46. The third kappa shape index (κ3) is 3.94. The van der Waals surface area contributed by atoms with Gasteiger partial charge in [-0.3, -0.25) is 10.1 Å². The van der Waals surface area contributed by atoms with Crippen LogP contribution in [0.5, 0.6) is 0 Å². The van der Waals surface area contributed by atoms with E-state index in [4.69, 9.17) is 23.2 Å². The van der Waals surface area contributed by atoms with E-state index in [1.165, 1.54) is 12.1 Å². The third-order valence-corrected chi connectivity index (χ3v) is 3.86. The molecule has 2 aromatic carbocycles. The number of rotatable bonds is 5. The fraction of sp³-hybridized carbons (Fsp3) is 0.200. The molecular weight excluding hydrogens is 311 g/mol. The Morgan fingerprint density at radius 2 is 1.90 bits per heavy atom. The standard InChI is InChI=1S/C15H14Cl2N2O2/c1-10(12-4-2-3-5-13(12)16)18-9-11-6-7-14(17)15(8-11)19(20)21/h2-8,10,18H,9H2,1H3/t10-/m0/s1. The summed E-state index contributed by atoms with van der Waals surface area (Å²) in [5, 5.41) is 15.0. The first-order valence-corrected chi connectivity index (χ1v) is 7.15. The lowest BCUT2D eigenvalue weighted by atomic mass is 10.1. The first-order chi connectivity index (χ1) is 9.99. The van der Waals surface area contributed by atoms with Gasteiger partial charge in [0, 0.05) is 23.7 Å². The fourth-order valence-corrected chi connectivity index (χ4v) is 2.50. The van der Waals surface area contributed by atoms with E-state index < -0.39 is 4.92 Å². The molecule has 0 unspecified atom stereocenters. The summed E-state index contributed by atoms with van der Waals surface area (Å²) in [5.74, 6) is 0. The van der Waals surface area contributed by atoms with Crippen molar-refractivity contribution in [1.82, 2.24) is 5.32 Å². The van der Waals surface area contributed by atoms with Gasteiger partial charge in [0.15, 0.2) is 0 Å². The number of hydrogen-bond acceptors (Lipinski definition) is 3. The second kappa shape index (κ2) is 6.89. The maximum absolute atomic E-state index is 10.9. The van der Waals surface area contributed by atoms with Crippen molar-refractivity contribution in [1.29, 1.82) is 0 Å². The number of halogens is 2. The first kappa shape index (κ1) is 15.8. The molecule has 6 heteroatoms. The predicted molar refractivity (Wildman–Crippen MR) is 84.8 cm³/mol. The van der Waals surface area contributed by atoms with Crippen LogP contribution in [0, 0.1) is 10.1 Å². The summed E-state index contributed by atoms with van der Waals surface area (Å²) in [6.45, 7) is 2.48. The Morgan fingerprint density at radius 3 is 2.57 bits per heavy atom. The number of benzene rings is 2. The summed E-state index contributed by atoms with van der Waals surface area (Å²) in [5.41, 5.74) is 1.70. The van der Waals surface area contributed by atoms with Crippen LogP contribution in [0.2, 0.25) is 10.0 Å². The van der Waals surface area contributed by atoms with Gasteiger partial charge in [-0.1, -0.05) is 47.5 Å². The molecule has 2 rings (SSSR count). The highest BCUT2D eigenvalue weighted by Gasteiger charge is 2.13. The number of nitro groups is 1. The van der Waals surface area contributed by atoms with Gasteiger partial charge < -0.3 is 5.32 Å². The molecule has 4 nitrogen and oxygen atoms in total. The lowest BCUT2D eigenvalue weighted by Crippen LogP contribution is -2.18. The van der Waals surface area contributed by atoms with Crippen molar-refractivity contribution in [2.45, 2.75) is 19.5 Å². The third-order valence-electron chi connectivity index (χ3n) is 3.19. The Bertz CT molecular complexity index is 662. The van der Waals surface area contributed by atoms with E-state index in [0.29, 0.717) is 11.6 Å². The smallest absolute Gasteiger partial charge is 0.288 e. The zero-order chi connectivity index (χ0) is 15.4. The van der Waals surface area contributed by atoms with E-state index >= 15 is 0 Å². The molecule has 1 atom stereocenters. The van der Waals surface area contributed by atoms with Crippen molar-refractivity contribution >= 4 is 28.9 Å². The monoisotopic (exact) mass is 324 g/mol. The van der Waals surface area contributed by atoms with Crippen molar-refractivity contribution in [2.24, 2.45) is 0 Å². The Balaban J connectivity index is 2.08. The quantitative estimate of drug-likeness (QED) is 0.637. The fourth-order valence-electron chi connectivity index (χ4n) is 2.02. The summed E-state index contributed by atoms with van der Waals surface area (Å²) in [6, 6.07) is 12.4. The lowest BCUT2D eigenvalue weighted by Gasteiger charge is -2.15. The highest BCUT2D eigenvalue weighted by molar-refractivity contribution is 6.32. The molecule has 0 aliphatic carbocycles. The zero-order valence-electron chi connectivity index (χ0n) is 11.3. The van der Waals surface area contributed by atoms with Gasteiger partial charge in [-0.2, -0.15) is 0 Å². The summed E-state index contributed by atoms with van der Waals surface area (Å²) in [4.78, 5) is 10.4. The molecule has 0 aliphatic rings. The molecule has 1 N–H and O–H groups in total. The summed E-state index contributed by atoms with van der Waals surface area (Å²) in [6.07, 6.45) is 0. The van der Waals surface area contributed by atoms with Crippen LogP contribution in [0.15, 0.2) is 42.5 Å². The lowest BCUT2D eigenvalue weighted by molar-refractivity contribution is -0.384. The minimum atomic E-state index is -0.483. The zero-order valence-corrected chi connectivity index (χ0v) is 12.9. The molecule has 0 heterocycles. The van der Waals surface area contributed by atoms with Gasteiger partial charge in [0.25, 0.3) is 5.69 Å². The van der Waals surface area contributed by atoms with E-state index in [9.17, 15) is 10.1 Å². The summed E-state index contributed by atoms with van der Waals surface area (Å²) in [7, 11) is 0. The van der Waals surface area contributed by atoms with E-state index in [2.05, 4.69) is 5.32 Å². The molecule has 0 fully saturated rings. The van der Waals surface area contributed by atoms with Crippen LogP contribution < -0.4 is 5.32 Å². The van der Waals surface area contributed by atoms with Gasteiger partial charge in [0.2, 0.25) is 0 Å². The maximum atomic E-state index is 10.9. The Kier molecular flexibility index (Phi) is 5.17. The van der Waals surface area contributed by atoms with Crippen LogP contribution in [0.25, 0.3) is 0 Å². The van der Waals surface area contributed by atoms with E-state index in [0.717, 1.165) is 11.1 Å². The average molecular weight is 325 g/mol. The van der Waals surface area contributed by atoms with Gasteiger partial charge in [-0.05, 0) is 30.2 Å². The number of hydrogen-bond donors (Lipinski definition) is 1. The van der Waals surface area contributed by atoms with Crippen molar-refractivity contribution < 1.29 is 4.92 Å². The highest BCUT2D eigenvalue weighted by atomic mass is 35.5. The Morgan fingerprint density at radius 1 is 1.19 bits per heavy atom. The molecule has 0 saturated heterocycles. The molecule has 0 saturated carbocycles. The van der Waals surface area contributed by atoms with Gasteiger partial charge in [0.1, 0.15) is 5.02 Å². The normalized spacial score (nSPS) is 12.1. The SMILES string of the molecule is C[C@H](NCc1ccc(Cl)c([N+](=O)[O-])c1)c1ccccc1Cl. The largest absolute Gasteiger partial charge is 0.306 e. The maximum Gasteiger partial charge on any atom is 0.288 e. The van der Waals surface area contributed by atoms with E-state index in [1.807, 2.05) is 31.2 Å². The second-order valence-electron chi connectivity index (χ2n) is 4.67. The number of nitro benzene ring substituents is 1. The first-order valence-electron chi connectivity index (χ1n) is 6.39. The highest BCUT2D eigenvalue weighted by Crippen LogP contribution is 2.26. The molecular formula is C15H14Cl2N2O2. The molecule has 0 aromatic heterocycles. The van der Waals surface area contributed by atoms with Crippen molar-refractivity contribution in [2.75, 3.05) is 0 Å². The second-order valence-corrected chi connectivity index (χ2v) is 5.48. The molecule has 0 bridgehead atoms. The van der Waals surface area contributed by atoms with E-state index in [-0.39, 0.29) is 16.8 Å². The minimum absolute atomic E-state index is 0.0356. The van der Waals surface area contributed by atoms with Crippen LogP contribution in [-0.2, 0) is 6.54 Å². The summed E-state index contributed by atoms with van der Waals surface area (Å²) < 4.78 is 0. The predicted octanol–water partition coefficient (Wildman–Crippen LogP) is 4.75. The van der Waals surface area contributed by atoms with E-state index in [1.54, 1.807) is 6.07 Å². The van der Waals surface area contributed by atoms with Gasteiger partial charge in [-0.15, -0.1) is 0 Å². The van der Waals surface area contributed by atoms with Gasteiger partial charge in [-0.25, -0.2) is 0 Å². The van der Waals surface area contributed by atoms with Crippen molar-refractivity contribution in [3.05, 3.63) is 73.8 Å². The van der Waals surface area contributed by atoms with Gasteiger partial charge in [0.05, 0.1) is 4.92 Å². The molecule has 110 valence electrons. The minimum Gasteiger partial charge on any atom is -0.306 e. The van der Waals surface area contributed by atoms with Crippen LogP contribution in [-0.4, -0.2) is 4.92 Å². The van der Waals surface area contributed by atoms with Crippen LogP contribution in [0.3, 0.4) is 0 Å². The topological polar surface area (TPSA) is 55.2 Å². The van der Waals surface area contributed by atoms with Crippen LogP contribution >= 0.6 is 23.2 Å². The molecule has 2 aromatic rings. The Hall–Kier alpha value is -1.62. The molecule has 0 spiro atoms. The van der Waals surface area contributed by atoms with Crippen LogP contribution in [0.4, 0.5) is 5.69 Å². The number of nitrogens with zero attached hydrogens (tertiary/aromatic N) is 1. The molecule has 0 aliphatic heterocycles. The molecule has 0 radical (unpaired) electrons. The molecule has 21 heavy (non-hydrogen) atoms. The van der Waals surface area contributed by atoms with Crippen LogP contribution in [0.1, 0.15) is 24.1 Å². The Labute approximate surface area is 132 Å². The number of nitrogens with one attached hydrogen (secondary N) is 1. The van der Waals surface area contributed by atoms with Crippen molar-refractivity contribution in [3.63, 3.8) is 0 Å². The summed E-state index contributed by atoms with van der Waals surface area (Å²) >= 11 is 11.9. The van der Waals surface area contributed by atoms with Gasteiger partial charge >= 0.3 is 0 Å². The molecule has 0 amide bonds. The van der Waals surface area contributed by atoms with Crippen molar-refractivity contribution in [3.8, 4) is 0 Å².